The summed E-state index contributed by atoms with van der Waals surface area (Å²) in [5.74, 6) is -0.521. The molecule has 1 aromatic carbocycles. The Balaban J connectivity index is 1.65. The van der Waals surface area contributed by atoms with Crippen molar-refractivity contribution >= 4 is 45.0 Å². The van der Waals surface area contributed by atoms with Crippen LogP contribution in [0.25, 0.3) is 0 Å². The zero-order valence-electron chi connectivity index (χ0n) is 14.7. The van der Waals surface area contributed by atoms with Gasteiger partial charge in [0.15, 0.2) is 11.4 Å². The minimum Gasteiger partial charge on any atom is -0.335 e. The normalized spacial score (nSPS) is 15.9. The van der Waals surface area contributed by atoms with Crippen molar-refractivity contribution in [3.8, 4) is 0 Å². The van der Waals surface area contributed by atoms with Crippen LogP contribution in [0.1, 0.15) is 21.7 Å². The van der Waals surface area contributed by atoms with Crippen LogP contribution in [0.2, 0.25) is 10.0 Å². The standard InChI is InChI=1S/C17H16BrCl2F3N4O/c1-25-15(17(21,22)23)13(18)14(24-25)16(28)27-6-4-26(5-7-27)9-10-2-3-11(19)12(20)8-10/h2-3,8H,4-7,9H2,1H3. The van der Waals surface area contributed by atoms with Gasteiger partial charge in [0.05, 0.1) is 14.5 Å². The molecule has 2 aromatic rings. The van der Waals surface area contributed by atoms with Crippen LogP contribution in [0.5, 0.6) is 0 Å². The van der Waals surface area contributed by atoms with Gasteiger partial charge in [-0.2, -0.15) is 18.3 Å². The number of aryl methyl sites for hydroxylation is 1. The first-order valence-corrected chi connectivity index (χ1v) is 9.88. The Labute approximate surface area is 178 Å². The summed E-state index contributed by atoms with van der Waals surface area (Å²) in [5, 5.41) is 4.74. The van der Waals surface area contributed by atoms with Gasteiger partial charge in [0.2, 0.25) is 0 Å². The largest absolute Gasteiger partial charge is 0.434 e. The van der Waals surface area contributed by atoms with Crippen molar-refractivity contribution in [3.05, 3.63) is 49.7 Å². The molecule has 0 aliphatic carbocycles. The van der Waals surface area contributed by atoms with Crippen LogP contribution in [0, 0.1) is 0 Å². The molecule has 0 unspecified atom stereocenters. The van der Waals surface area contributed by atoms with Crippen LogP contribution in [0.4, 0.5) is 13.2 Å². The molecule has 152 valence electrons. The number of benzene rings is 1. The zero-order valence-corrected chi connectivity index (χ0v) is 17.8. The molecule has 1 fully saturated rings. The van der Waals surface area contributed by atoms with Crippen molar-refractivity contribution in [2.45, 2.75) is 12.7 Å². The van der Waals surface area contributed by atoms with E-state index < -0.39 is 17.8 Å². The lowest BCUT2D eigenvalue weighted by atomic mass is 10.2. The van der Waals surface area contributed by atoms with Gasteiger partial charge in [0.1, 0.15) is 0 Å². The van der Waals surface area contributed by atoms with Gasteiger partial charge in [0, 0.05) is 39.8 Å². The van der Waals surface area contributed by atoms with E-state index >= 15 is 0 Å². The van der Waals surface area contributed by atoms with Crippen LogP contribution in [0.3, 0.4) is 0 Å². The van der Waals surface area contributed by atoms with Gasteiger partial charge < -0.3 is 4.90 Å². The topological polar surface area (TPSA) is 41.4 Å². The van der Waals surface area contributed by atoms with E-state index in [1.54, 1.807) is 12.1 Å². The van der Waals surface area contributed by atoms with Crippen LogP contribution >= 0.6 is 39.1 Å². The number of hydrogen-bond acceptors (Lipinski definition) is 3. The second-order valence-corrected chi connectivity index (χ2v) is 8.06. The highest BCUT2D eigenvalue weighted by atomic mass is 79.9. The lowest BCUT2D eigenvalue weighted by molar-refractivity contribution is -0.144. The molecule has 28 heavy (non-hydrogen) atoms. The minimum absolute atomic E-state index is 0.229. The van der Waals surface area contributed by atoms with E-state index in [0.717, 1.165) is 5.56 Å². The summed E-state index contributed by atoms with van der Waals surface area (Å²) in [7, 11) is 1.17. The molecule has 11 heteroatoms. The first-order chi connectivity index (χ1) is 13.1. The summed E-state index contributed by atoms with van der Waals surface area (Å²) in [6, 6.07) is 5.41. The monoisotopic (exact) mass is 498 g/mol. The van der Waals surface area contributed by atoms with Gasteiger partial charge in [-0.15, -0.1) is 0 Å². The Morgan fingerprint density at radius 2 is 1.82 bits per heavy atom. The molecule has 3 rings (SSSR count). The second kappa shape index (κ2) is 8.22. The van der Waals surface area contributed by atoms with Crippen LogP contribution in [-0.2, 0) is 19.8 Å². The number of alkyl halides is 3. The molecular formula is C17H16BrCl2F3N4O. The third kappa shape index (κ3) is 4.48. The number of rotatable bonds is 3. The summed E-state index contributed by atoms with van der Waals surface area (Å²) >= 11 is 14.8. The van der Waals surface area contributed by atoms with E-state index in [1.165, 1.54) is 11.9 Å². The Hall–Kier alpha value is -1.29. The van der Waals surface area contributed by atoms with Crippen molar-refractivity contribution in [1.82, 2.24) is 19.6 Å². The SMILES string of the molecule is Cn1nc(C(=O)N2CCN(Cc3ccc(Cl)c(Cl)c3)CC2)c(Br)c1C(F)(F)F. The molecule has 1 saturated heterocycles. The number of nitrogens with zero attached hydrogens (tertiary/aromatic N) is 4. The number of carbonyl (C=O) groups is 1. The maximum Gasteiger partial charge on any atom is 0.434 e. The molecule has 0 N–H and O–H groups in total. The van der Waals surface area contributed by atoms with Crippen molar-refractivity contribution in [2.75, 3.05) is 26.2 Å². The highest BCUT2D eigenvalue weighted by Gasteiger charge is 2.40. The van der Waals surface area contributed by atoms with E-state index in [0.29, 0.717) is 47.5 Å². The molecular weight excluding hydrogens is 484 g/mol. The maximum absolute atomic E-state index is 13.1. The van der Waals surface area contributed by atoms with Gasteiger partial charge in [-0.25, -0.2) is 0 Å². The third-order valence-corrected chi connectivity index (χ3v) is 6.00. The predicted molar refractivity (Wildman–Crippen MR) is 104 cm³/mol. The number of hydrogen-bond donors (Lipinski definition) is 0. The van der Waals surface area contributed by atoms with E-state index in [9.17, 15) is 18.0 Å². The smallest absolute Gasteiger partial charge is 0.335 e. The van der Waals surface area contributed by atoms with E-state index in [2.05, 4.69) is 25.9 Å². The number of piperazine rings is 1. The van der Waals surface area contributed by atoms with Gasteiger partial charge in [0.25, 0.3) is 5.91 Å². The van der Waals surface area contributed by atoms with E-state index in [1.807, 2.05) is 6.07 Å². The second-order valence-electron chi connectivity index (χ2n) is 6.45. The lowest BCUT2D eigenvalue weighted by Gasteiger charge is -2.34. The van der Waals surface area contributed by atoms with Gasteiger partial charge in [-0.05, 0) is 33.6 Å². The Morgan fingerprint density at radius 3 is 2.36 bits per heavy atom. The highest BCUT2D eigenvalue weighted by Crippen LogP contribution is 2.36. The van der Waals surface area contributed by atoms with Crippen molar-refractivity contribution in [1.29, 1.82) is 0 Å². The fourth-order valence-electron chi connectivity index (χ4n) is 3.10. The van der Waals surface area contributed by atoms with Crippen LogP contribution in [-0.4, -0.2) is 51.7 Å². The lowest BCUT2D eigenvalue weighted by Crippen LogP contribution is -2.48. The highest BCUT2D eigenvalue weighted by molar-refractivity contribution is 9.10. The fourth-order valence-corrected chi connectivity index (χ4v) is 4.15. The summed E-state index contributed by atoms with van der Waals surface area (Å²) in [4.78, 5) is 16.3. The molecule has 1 aliphatic heterocycles. The van der Waals surface area contributed by atoms with E-state index in [-0.39, 0.29) is 10.2 Å². The van der Waals surface area contributed by atoms with Gasteiger partial charge in [-0.1, -0.05) is 29.3 Å². The average Bonchev–Trinajstić information content (AvgIpc) is 2.92. The van der Waals surface area contributed by atoms with Gasteiger partial charge >= 0.3 is 6.18 Å². The number of carbonyl (C=O) groups excluding carboxylic acids is 1. The van der Waals surface area contributed by atoms with Crippen LogP contribution in [0.15, 0.2) is 22.7 Å². The third-order valence-electron chi connectivity index (χ3n) is 4.51. The maximum atomic E-state index is 13.1. The molecule has 1 aliphatic rings. The van der Waals surface area contributed by atoms with Crippen LogP contribution < -0.4 is 0 Å². The molecule has 2 heterocycles. The van der Waals surface area contributed by atoms with Gasteiger partial charge in [-0.3, -0.25) is 14.4 Å². The molecule has 0 bridgehead atoms. The molecule has 0 saturated carbocycles. The molecule has 0 atom stereocenters. The van der Waals surface area contributed by atoms with E-state index in [4.69, 9.17) is 23.2 Å². The average molecular weight is 500 g/mol. The van der Waals surface area contributed by atoms with Crippen molar-refractivity contribution in [2.24, 2.45) is 7.05 Å². The summed E-state index contributed by atoms with van der Waals surface area (Å²) < 4.78 is 39.7. The summed E-state index contributed by atoms with van der Waals surface area (Å²) in [5.41, 5.74) is -0.210. The molecule has 1 aromatic heterocycles. The Bertz CT molecular complexity index is 895. The predicted octanol–water partition coefficient (Wildman–Crippen LogP) is 4.47. The number of amides is 1. The molecule has 5 nitrogen and oxygen atoms in total. The quantitative estimate of drug-likeness (QED) is 0.625. The first-order valence-electron chi connectivity index (χ1n) is 8.33. The molecule has 0 spiro atoms. The first kappa shape index (κ1) is 21.4. The Kier molecular flexibility index (Phi) is 6.29. The number of aromatic nitrogens is 2. The molecule has 0 radical (unpaired) electrons. The van der Waals surface area contributed by atoms with Crippen molar-refractivity contribution < 1.29 is 18.0 Å². The molecule has 1 amide bonds. The van der Waals surface area contributed by atoms with Crippen molar-refractivity contribution in [3.63, 3.8) is 0 Å². The summed E-state index contributed by atoms with van der Waals surface area (Å²) in [6.45, 7) is 2.60. The zero-order chi connectivity index (χ0) is 20.6. The minimum atomic E-state index is -4.60. The summed E-state index contributed by atoms with van der Waals surface area (Å²) in [6.07, 6.45) is -4.60. The fraction of sp³-hybridized carbons (Fsp3) is 0.412. The number of halogens is 6. The Morgan fingerprint density at radius 1 is 1.18 bits per heavy atom.